The van der Waals surface area contributed by atoms with E-state index in [1.165, 1.54) is 6.42 Å². The highest BCUT2D eigenvalue weighted by atomic mass is 35.5. The Balaban J connectivity index is 1.58. The van der Waals surface area contributed by atoms with Crippen LogP contribution in [0.2, 0.25) is 5.02 Å². The molecule has 0 bridgehead atoms. The molecule has 166 valence electrons. The number of ether oxygens (including phenoxy) is 2. The summed E-state index contributed by atoms with van der Waals surface area (Å²) in [5.41, 5.74) is 4.37. The monoisotopic (exact) mass is 452 g/mol. The van der Waals surface area contributed by atoms with Gasteiger partial charge < -0.3 is 14.5 Å². The van der Waals surface area contributed by atoms with Gasteiger partial charge in [0.1, 0.15) is 11.4 Å². The summed E-state index contributed by atoms with van der Waals surface area (Å²) in [4.78, 5) is 21.7. The average Bonchev–Trinajstić information content (AvgIpc) is 3.37. The van der Waals surface area contributed by atoms with Crippen molar-refractivity contribution in [3.63, 3.8) is 0 Å². The van der Waals surface area contributed by atoms with Gasteiger partial charge in [0.25, 0.3) is 0 Å². The van der Waals surface area contributed by atoms with E-state index in [9.17, 15) is 4.79 Å². The van der Waals surface area contributed by atoms with Gasteiger partial charge in [-0.15, -0.1) is 0 Å². The quantitative estimate of drug-likeness (QED) is 0.474. The fourth-order valence-corrected chi connectivity index (χ4v) is 5.71. The predicted molar refractivity (Wildman–Crippen MR) is 123 cm³/mol. The molecule has 2 aliphatic rings. The molecule has 3 aromatic heterocycles. The van der Waals surface area contributed by atoms with Gasteiger partial charge in [0, 0.05) is 33.8 Å². The zero-order valence-corrected chi connectivity index (χ0v) is 18.7. The third kappa shape index (κ3) is 3.06. The van der Waals surface area contributed by atoms with Crippen molar-refractivity contribution in [2.24, 2.45) is 5.92 Å². The summed E-state index contributed by atoms with van der Waals surface area (Å²) in [6.45, 7) is 3.27. The first-order valence-corrected chi connectivity index (χ1v) is 11.6. The number of nitrogens with one attached hydrogen (secondary N) is 1. The van der Waals surface area contributed by atoms with Crippen LogP contribution < -0.4 is 10.4 Å². The number of pyridine rings is 1. The first-order valence-electron chi connectivity index (χ1n) is 11.2. The summed E-state index contributed by atoms with van der Waals surface area (Å²) < 4.78 is 15.1. The molecule has 2 atom stereocenters. The number of aromatic nitrogens is 4. The van der Waals surface area contributed by atoms with Crippen LogP contribution in [-0.2, 0) is 17.9 Å². The minimum Gasteiger partial charge on any atom is -0.467 e. The SMILES string of the molecule is C[C@@H]1CCCC[C@@H]1n1c(=O)n(Cc2cc(Cl)cc3c2OCOC3)c2cnc3[nH]ccc3c21. The zero-order chi connectivity index (χ0) is 21.8. The molecule has 1 aromatic carbocycles. The Hall–Kier alpha value is -2.77. The predicted octanol–water partition coefficient (Wildman–Crippen LogP) is 5.00. The molecule has 4 aromatic rings. The number of benzene rings is 1. The van der Waals surface area contributed by atoms with Gasteiger partial charge in [-0.2, -0.15) is 0 Å². The molecule has 7 nitrogen and oxygen atoms in total. The van der Waals surface area contributed by atoms with Crippen molar-refractivity contribution in [2.75, 3.05) is 6.79 Å². The van der Waals surface area contributed by atoms with Crippen LogP contribution in [0.1, 0.15) is 49.8 Å². The lowest BCUT2D eigenvalue weighted by atomic mass is 9.85. The van der Waals surface area contributed by atoms with Crippen LogP contribution in [-0.4, -0.2) is 25.9 Å². The molecule has 1 N–H and O–H groups in total. The van der Waals surface area contributed by atoms with E-state index in [2.05, 4.69) is 16.9 Å². The Kier molecular flexibility index (Phi) is 4.77. The van der Waals surface area contributed by atoms with Crippen molar-refractivity contribution in [3.8, 4) is 5.75 Å². The fraction of sp³-hybridized carbons (Fsp3) is 0.417. The van der Waals surface area contributed by atoms with Crippen molar-refractivity contribution >= 4 is 33.7 Å². The number of H-pyrrole nitrogens is 1. The van der Waals surface area contributed by atoms with E-state index in [1.807, 2.05) is 33.5 Å². The number of imidazole rings is 1. The molecule has 1 aliphatic heterocycles. The summed E-state index contributed by atoms with van der Waals surface area (Å²) in [7, 11) is 0. The molecule has 1 fully saturated rings. The van der Waals surface area contributed by atoms with Crippen molar-refractivity contribution in [3.05, 3.63) is 57.2 Å². The van der Waals surface area contributed by atoms with Crippen LogP contribution in [0.15, 0.2) is 35.4 Å². The summed E-state index contributed by atoms with van der Waals surface area (Å²) in [6, 6.07) is 5.94. The molecule has 32 heavy (non-hydrogen) atoms. The number of aromatic amines is 1. The molecule has 0 saturated heterocycles. The maximum atomic E-state index is 13.9. The Bertz CT molecular complexity index is 1390. The molecule has 0 spiro atoms. The lowest BCUT2D eigenvalue weighted by molar-refractivity contribution is -0.0170. The van der Waals surface area contributed by atoms with E-state index in [1.54, 1.807) is 6.20 Å². The molecule has 0 radical (unpaired) electrons. The van der Waals surface area contributed by atoms with Gasteiger partial charge in [0.2, 0.25) is 0 Å². The Morgan fingerprint density at radius 1 is 1.28 bits per heavy atom. The van der Waals surface area contributed by atoms with Gasteiger partial charge in [0.15, 0.2) is 6.79 Å². The smallest absolute Gasteiger partial charge is 0.329 e. The van der Waals surface area contributed by atoms with Crippen LogP contribution in [0.4, 0.5) is 0 Å². The Morgan fingerprint density at radius 2 is 2.16 bits per heavy atom. The summed E-state index contributed by atoms with van der Waals surface area (Å²) in [5, 5.41) is 1.59. The van der Waals surface area contributed by atoms with Crippen LogP contribution in [0.5, 0.6) is 5.75 Å². The molecular weight excluding hydrogens is 428 g/mol. The molecule has 1 aliphatic carbocycles. The molecule has 6 rings (SSSR count). The van der Waals surface area contributed by atoms with E-state index >= 15 is 0 Å². The second-order valence-electron chi connectivity index (χ2n) is 8.96. The fourth-order valence-electron chi connectivity index (χ4n) is 5.45. The van der Waals surface area contributed by atoms with Crippen LogP contribution in [0.3, 0.4) is 0 Å². The second-order valence-corrected chi connectivity index (χ2v) is 9.40. The highest BCUT2D eigenvalue weighted by Gasteiger charge is 2.29. The number of nitrogens with zero attached hydrogens (tertiary/aromatic N) is 3. The lowest BCUT2D eigenvalue weighted by Crippen LogP contribution is -2.32. The van der Waals surface area contributed by atoms with E-state index in [-0.39, 0.29) is 18.5 Å². The number of halogens is 1. The minimum absolute atomic E-state index is 0.00460. The molecule has 8 heteroatoms. The molecule has 4 heterocycles. The third-order valence-corrected chi connectivity index (χ3v) is 7.20. The molecule has 0 unspecified atom stereocenters. The number of hydrogen-bond donors (Lipinski definition) is 1. The standard InChI is InChI=1S/C24H25ClN4O3/c1-14-4-2-3-5-19(14)29-21-18-6-7-26-23(18)27-10-20(21)28(24(29)30)11-15-8-17(25)9-16-12-31-13-32-22(15)16/h6-10,14,19H,2-5,11-13H2,1H3,(H,26,27)/t14-,19+/m1/s1. The number of fused-ring (bicyclic) bond motifs is 4. The largest absolute Gasteiger partial charge is 0.467 e. The minimum atomic E-state index is -0.00460. The van der Waals surface area contributed by atoms with Gasteiger partial charge in [-0.3, -0.25) is 9.13 Å². The Labute approximate surface area is 189 Å². The lowest BCUT2D eigenvalue weighted by Gasteiger charge is -2.29. The maximum absolute atomic E-state index is 13.9. The highest BCUT2D eigenvalue weighted by Crippen LogP contribution is 2.37. The van der Waals surface area contributed by atoms with Crippen LogP contribution in [0.25, 0.3) is 22.1 Å². The Morgan fingerprint density at radius 3 is 3.03 bits per heavy atom. The molecule has 1 saturated carbocycles. The number of rotatable bonds is 3. The summed E-state index contributed by atoms with van der Waals surface area (Å²) >= 11 is 6.40. The average molecular weight is 453 g/mol. The van der Waals surface area contributed by atoms with Crippen LogP contribution in [0, 0.1) is 5.92 Å². The van der Waals surface area contributed by atoms with E-state index in [4.69, 9.17) is 21.1 Å². The molecule has 0 amide bonds. The van der Waals surface area contributed by atoms with Crippen molar-refractivity contribution in [2.45, 2.75) is 51.8 Å². The van der Waals surface area contributed by atoms with Gasteiger partial charge in [-0.25, -0.2) is 9.78 Å². The summed E-state index contributed by atoms with van der Waals surface area (Å²) in [5.74, 6) is 1.21. The van der Waals surface area contributed by atoms with E-state index in [0.29, 0.717) is 24.1 Å². The maximum Gasteiger partial charge on any atom is 0.329 e. The van der Waals surface area contributed by atoms with E-state index < -0.39 is 0 Å². The van der Waals surface area contributed by atoms with Crippen molar-refractivity contribution in [1.29, 1.82) is 0 Å². The summed E-state index contributed by atoms with van der Waals surface area (Å²) in [6.07, 6.45) is 8.21. The van der Waals surface area contributed by atoms with Gasteiger partial charge >= 0.3 is 5.69 Å². The highest BCUT2D eigenvalue weighted by molar-refractivity contribution is 6.30. The normalized spacial score (nSPS) is 21.1. The zero-order valence-electron chi connectivity index (χ0n) is 17.9. The third-order valence-electron chi connectivity index (χ3n) is 6.99. The van der Waals surface area contributed by atoms with Gasteiger partial charge in [-0.05, 0) is 37.0 Å². The molecular formula is C24H25ClN4O3. The first-order chi connectivity index (χ1) is 15.6. The van der Waals surface area contributed by atoms with Gasteiger partial charge in [-0.1, -0.05) is 31.4 Å². The van der Waals surface area contributed by atoms with Crippen molar-refractivity contribution < 1.29 is 9.47 Å². The van der Waals surface area contributed by atoms with Crippen molar-refractivity contribution in [1.82, 2.24) is 19.1 Å². The first kappa shape index (κ1) is 19.9. The van der Waals surface area contributed by atoms with Gasteiger partial charge in [0.05, 0.1) is 30.4 Å². The van der Waals surface area contributed by atoms with E-state index in [0.717, 1.165) is 58.2 Å². The topological polar surface area (TPSA) is 74.1 Å². The second kappa shape index (κ2) is 7.67. The number of hydrogen-bond acceptors (Lipinski definition) is 4. The van der Waals surface area contributed by atoms with Crippen LogP contribution >= 0.6 is 11.6 Å².